The molecular weight excluding hydrogens is 428 g/mol. The van der Waals surface area contributed by atoms with Crippen LogP contribution in [0.15, 0.2) is 0 Å². The molecule has 0 saturated carbocycles. The predicted octanol–water partition coefficient (Wildman–Crippen LogP) is 3.84. The minimum atomic E-state index is -2.11. The summed E-state index contributed by atoms with van der Waals surface area (Å²) >= 11 is 0. The Morgan fingerprint density at radius 2 is 0.720 bits per heavy atom. The Balaban J connectivity index is -0.000000130. The van der Waals surface area contributed by atoms with E-state index in [0.29, 0.717) is 18.5 Å². The van der Waals surface area contributed by atoms with Crippen molar-refractivity contribution in [3.05, 3.63) is 0 Å². The van der Waals surface area contributed by atoms with Gasteiger partial charge >= 0.3 is 40.9 Å². The maximum Gasteiger partial charge on any atom is 3.00 e. The second-order valence-corrected chi connectivity index (χ2v) is 8.63. The zero-order valence-corrected chi connectivity index (χ0v) is 19.3. The van der Waals surface area contributed by atoms with Crippen LogP contribution in [0.1, 0.15) is 78.6 Å². The Bertz CT molecular complexity index is 272. The van der Waals surface area contributed by atoms with Crippen molar-refractivity contribution in [3.63, 3.8) is 0 Å². The zero-order chi connectivity index (χ0) is 19.2. The van der Waals surface area contributed by atoms with Gasteiger partial charge < -0.3 is 14.7 Å². The van der Waals surface area contributed by atoms with Crippen LogP contribution in [0, 0.1) is 0 Å². The Labute approximate surface area is 166 Å². The third kappa shape index (κ3) is 51.6. The van der Waals surface area contributed by atoms with Gasteiger partial charge in [0.15, 0.2) is 0 Å². The molecule has 0 N–H and O–H groups in total. The maximum absolute atomic E-state index is 9.91. The second kappa shape index (κ2) is 29.4. The van der Waals surface area contributed by atoms with Gasteiger partial charge in [0.25, 0.3) is 0 Å². The van der Waals surface area contributed by atoms with E-state index >= 15 is 0 Å². The largest absolute Gasteiger partial charge is 3.00 e. The second-order valence-electron chi connectivity index (χ2n) is 5.29. The number of hydrogen-bond donors (Lipinski definition) is 0. The third-order valence-electron chi connectivity index (χ3n) is 2.83. The molecule has 0 aromatic heterocycles. The van der Waals surface area contributed by atoms with Crippen LogP contribution in [0.3, 0.4) is 0 Å². The molecule has 0 aliphatic carbocycles. The first-order chi connectivity index (χ1) is 11.3. The molecule has 0 bridgehead atoms. The van der Waals surface area contributed by atoms with Gasteiger partial charge in [-0.05, 0) is 38.5 Å². The molecule has 0 spiro atoms. The van der Waals surface area contributed by atoms with E-state index in [9.17, 15) is 28.4 Å². The van der Waals surface area contributed by atoms with Crippen molar-refractivity contribution in [3.8, 4) is 0 Å². The van der Waals surface area contributed by atoms with Crippen LogP contribution in [0.25, 0.3) is 0 Å². The van der Waals surface area contributed by atoms with E-state index < -0.39 is 24.1 Å². The van der Waals surface area contributed by atoms with Crippen molar-refractivity contribution < 1.29 is 45.2 Å². The molecule has 150 valence electrons. The number of rotatable bonds is 12. The quantitative estimate of drug-likeness (QED) is 0.322. The topological polar surface area (TPSA) is 120 Å². The van der Waals surface area contributed by atoms with E-state index in [1.165, 1.54) is 0 Å². The minimum absolute atomic E-state index is 0. The zero-order valence-electron chi connectivity index (χ0n) is 15.6. The molecule has 0 rings (SSSR count). The molecule has 0 aliphatic heterocycles. The van der Waals surface area contributed by atoms with Crippen molar-refractivity contribution in [2.24, 2.45) is 0 Å². The first kappa shape index (κ1) is 33.3. The van der Waals surface area contributed by atoms with Crippen molar-refractivity contribution in [1.29, 1.82) is 0 Å². The molecular formula is C15H33CoO6P3+3. The van der Waals surface area contributed by atoms with Crippen molar-refractivity contribution in [2.45, 2.75) is 78.6 Å². The molecule has 0 saturated heterocycles. The average molecular weight is 461 g/mol. The van der Waals surface area contributed by atoms with Gasteiger partial charge in [0, 0.05) is 0 Å². The molecule has 10 heteroatoms. The summed E-state index contributed by atoms with van der Waals surface area (Å²) in [5.41, 5.74) is 0. The van der Waals surface area contributed by atoms with Gasteiger partial charge in [-0.2, -0.15) is 0 Å². The SMILES string of the molecule is CCCCC[P+](=O)[O-].CCCCC[P+](=O)[O-].CCCCC[P+](=O)[O-].[Co+3]. The Hall–Kier alpha value is 0.686. The summed E-state index contributed by atoms with van der Waals surface area (Å²) in [5.74, 6) is 0. The van der Waals surface area contributed by atoms with Gasteiger partial charge in [-0.25, -0.2) is 0 Å². The van der Waals surface area contributed by atoms with Gasteiger partial charge in [-0.15, -0.1) is 0 Å². The van der Waals surface area contributed by atoms with Crippen molar-refractivity contribution in [1.82, 2.24) is 0 Å². The summed E-state index contributed by atoms with van der Waals surface area (Å²) in [6, 6.07) is 0. The summed E-state index contributed by atoms with van der Waals surface area (Å²) in [6.45, 7) is 6.16. The minimum Gasteiger partial charge on any atom is -0.596 e. The van der Waals surface area contributed by atoms with E-state index in [1.54, 1.807) is 0 Å². The van der Waals surface area contributed by atoms with Crippen LogP contribution in [0.4, 0.5) is 0 Å². The molecule has 6 nitrogen and oxygen atoms in total. The van der Waals surface area contributed by atoms with Gasteiger partial charge in [0.05, 0.1) is 0 Å². The molecule has 0 heterocycles. The summed E-state index contributed by atoms with van der Waals surface area (Å²) in [4.78, 5) is 29.7. The predicted molar refractivity (Wildman–Crippen MR) is 96.0 cm³/mol. The first-order valence-corrected chi connectivity index (χ1v) is 12.8. The fourth-order valence-corrected chi connectivity index (χ4v) is 2.92. The number of unbranched alkanes of at least 4 members (excludes halogenated alkanes) is 6. The Kier molecular flexibility index (Phi) is 39.2. The smallest absolute Gasteiger partial charge is 0.596 e. The molecule has 0 aromatic carbocycles. The molecule has 0 amide bonds. The van der Waals surface area contributed by atoms with E-state index in [0.717, 1.165) is 57.8 Å². The van der Waals surface area contributed by atoms with Crippen LogP contribution >= 0.6 is 24.1 Å². The molecule has 0 aliphatic rings. The molecule has 3 atom stereocenters. The summed E-state index contributed by atoms with van der Waals surface area (Å²) in [7, 11) is -6.34. The average Bonchev–Trinajstić information content (AvgIpc) is 2.48. The Morgan fingerprint density at radius 1 is 0.520 bits per heavy atom. The van der Waals surface area contributed by atoms with Gasteiger partial charge in [0.1, 0.15) is 18.5 Å². The van der Waals surface area contributed by atoms with E-state index in [4.69, 9.17) is 0 Å². The monoisotopic (exact) mass is 461 g/mol. The molecule has 0 aromatic rings. The maximum atomic E-state index is 9.91. The van der Waals surface area contributed by atoms with Crippen LogP contribution in [0.2, 0.25) is 0 Å². The fourth-order valence-electron chi connectivity index (χ4n) is 1.47. The first-order valence-electron chi connectivity index (χ1n) is 8.67. The molecule has 25 heavy (non-hydrogen) atoms. The van der Waals surface area contributed by atoms with E-state index in [2.05, 4.69) is 20.8 Å². The van der Waals surface area contributed by atoms with Crippen LogP contribution in [-0.4, -0.2) is 18.5 Å². The van der Waals surface area contributed by atoms with Gasteiger partial charge in [-0.1, -0.05) is 53.7 Å². The van der Waals surface area contributed by atoms with Gasteiger partial charge in [-0.3, -0.25) is 0 Å². The summed E-state index contributed by atoms with van der Waals surface area (Å²) in [6.07, 6.45) is 9.93. The molecule has 3 unspecified atom stereocenters. The fraction of sp³-hybridized carbons (Fsp3) is 1.00. The Morgan fingerprint density at radius 3 is 0.840 bits per heavy atom. The standard InChI is InChI=1S/3C5H11O2P.Co/c3*1-2-3-4-5-8(6)7;/h3*2-5H2,1H3;/q;;;+3. The molecule has 0 radical (unpaired) electrons. The summed E-state index contributed by atoms with van der Waals surface area (Å²) < 4.78 is 29.7. The van der Waals surface area contributed by atoms with Crippen LogP contribution < -0.4 is 14.7 Å². The third-order valence-corrected chi connectivity index (χ3v) is 4.88. The van der Waals surface area contributed by atoms with Gasteiger partial charge in [0.2, 0.25) is 0 Å². The van der Waals surface area contributed by atoms with E-state index in [-0.39, 0.29) is 16.8 Å². The van der Waals surface area contributed by atoms with Crippen LogP contribution in [-0.2, 0) is 30.5 Å². The normalized spacial score (nSPS) is 11.0. The summed E-state index contributed by atoms with van der Waals surface area (Å²) in [5, 5.41) is 0. The van der Waals surface area contributed by atoms with Crippen molar-refractivity contribution in [2.75, 3.05) is 18.5 Å². The van der Waals surface area contributed by atoms with Crippen LogP contribution in [0.5, 0.6) is 0 Å². The number of hydrogen-bond acceptors (Lipinski definition) is 6. The van der Waals surface area contributed by atoms with E-state index in [1.807, 2.05) is 0 Å². The van der Waals surface area contributed by atoms with Crippen molar-refractivity contribution >= 4 is 24.1 Å². The molecule has 0 fully saturated rings.